The van der Waals surface area contributed by atoms with Crippen molar-refractivity contribution in [3.63, 3.8) is 0 Å². The van der Waals surface area contributed by atoms with Gasteiger partial charge in [-0.3, -0.25) is 0 Å². The fourth-order valence-corrected chi connectivity index (χ4v) is 0.966. The average molecular weight is 173 g/mol. The Labute approximate surface area is 70.8 Å². The molecule has 0 saturated heterocycles. The van der Waals surface area contributed by atoms with Crippen molar-refractivity contribution in [2.75, 3.05) is 0 Å². The van der Waals surface area contributed by atoms with Crippen LogP contribution in [0.1, 0.15) is 16.0 Å². The molecular formula is C8H6Cl2. The summed E-state index contributed by atoms with van der Waals surface area (Å²) in [7, 11) is 0. The van der Waals surface area contributed by atoms with E-state index in [1.807, 2.05) is 12.1 Å². The molecule has 1 aromatic carbocycles. The van der Waals surface area contributed by atoms with Gasteiger partial charge in [0.25, 0.3) is 0 Å². The lowest BCUT2D eigenvalue weighted by molar-refractivity contribution is 1.34. The van der Waals surface area contributed by atoms with Gasteiger partial charge in [-0.1, -0.05) is 24.3 Å². The van der Waals surface area contributed by atoms with E-state index in [1.165, 1.54) is 0 Å². The van der Waals surface area contributed by atoms with Gasteiger partial charge >= 0.3 is 0 Å². The van der Waals surface area contributed by atoms with Crippen LogP contribution in [0.5, 0.6) is 0 Å². The van der Waals surface area contributed by atoms with Crippen LogP contribution in [0, 0.1) is 6.92 Å². The maximum atomic E-state index is 5.58. The second kappa shape index (κ2) is 3.27. The van der Waals surface area contributed by atoms with Crippen molar-refractivity contribution in [2.24, 2.45) is 0 Å². The summed E-state index contributed by atoms with van der Waals surface area (Å²) < 4.78 is 0. The Morgan fingerprint density at radius 1 is 1.30 bits per heavy atom. The van der Waals surface area contributed by atoms with Crippen molar-refractivity contribution in [3.8, 4) is 0 Å². The highest BCUT2D eigenvalue weighted by Gasteiger charge is 2.00. The normalized spacial score (nSPS) is 10.4. The van der Waals surface area contributed by atoms with E-state index in [-0.39, 0.29) is 0 Å². The third-order valence-electron chi connectivity index (χ3n) is 1.16. The number of hydrogen-bond acceptors (Lipinski definition) is 0. The lowest BCUT2D eigenvalue weighted by atomic mass is 10.2. The first-order chi connectivity index (χ1) is 4.70. The van der Waals surface area contributed by atoms with Crippen molar-refractivity contribution in [1.82, 2.24) is 0 Å². The van der Waals surface area contributed by atoms with Crippen LogP contribution in [0.25, 0.3) is 0 Å². The van der Waals surface area contributed by atoms with Gasteiger partial charge in [-0.05, 0) is 18.1 Å². The fraction of sp³-hybridized carbons (Fsp3) is 0.125. The first kappa shape index (κ1) is 7.90. The summed E-state index contributed by atoms with van der Waals surface area (Å²) in [6.45, 7) is 5.48. The number of alkyl halides is 2. The monoisotopic (exact) mass is 172 g/mol. The molecular weight excluding hydrogens is 167 g/mol. The largest absolute Gasteiger partial charge is 0.132 e. The Morgan fingerprint density at radius 2 is 2.00 bits per heavy atom. The van der Waals surface area contributed by atoms with Gasteiger partial charge in [0.1, 0.15) is 4.84 Å². The lowest BCUT2D eigenvalue weighted by Crippen LogP contribution is -1.81. The maximum absolute atomic E-state index is 5.58. The second-order valence-electron chi connectivity index (χ2n) is 1.97. The zero-order chi connectivity index (χ0) is 7.56. The van der Waals surface area contributed by atoms with Crippen molar-refractivity contribution >= 4 is 23.2 Å². The molecule has 0 saturated carbocycles. The molecule has 0 heterocycles. The lowest BCUT2D eigenvalue weighted by Gasteiger charge is -2.00. The predicted molar refractivity (Wildman–Crippen MR) is 44.3 cm³/mol. The molecule has 0 spiro atoms. The number of halogens is 2. The highest BCUT2D eigenvalue weighted by molar-refractivity contribution is 6.44. The third-order valence-corrected chi connectivity index (χ3v) is 1.67. The molecule has 2 heteroatoms. The zero-order valence-electron chi connectivity index (χ0n) is 5.22. The molecule has 0 aliphatic carbocycles. The summed E-state index contributed by atoms with van der Waals surface area (Å²) in [4.78, 5) is -0.483. The van der Waals surface area contributed by atoms with Gasteiger partial charge in [0, 0.05) is 0 Å². The van der Waals surface area contributed by atoms with Crippen LogP contribution >= 0.6 is 23.2 Å². The standard InChI is InChI=1S/C8H6Cl2/c1-6-3-2-4-7(5-6)8(9)10/h1-5,8H. The van der Waals surface area contributed by atoms with Gasteiger partial charge in [-0.25, -0.2) is 0 Å². The van der Waals surface area contributed by atoms with Gasteiger partial charge in [-0.2, -0.15) is 0 Å². The fourth-order valence-electron chi connectivity index (χ4n) is 0.695. The maximum Gasteiger partial charge on any atom is 0.132 e. The minimum atomic E-state index is -0.483. The van der Waals surface area contributed by atoms with E-state index in [9.17, 15) is 0 Å². The molecule has 10 heavy (non-hydrogen) atoms. The topological polar surface area (TPSA) is 0 Å². The van der Waals surface area contributed by atoms with E-state index in [2.05, 4.69) is 0 Å². The van der Waals surface area contributed by atoms with Gasteiger partial charge in [-0.15, -0.1) is 23.2 Å². The van der Waals surface area contributed by atoms with Crippen molar-refractivity contribution < 1.29 is 0 Å². The van der Waals surface area contributed by atoms with E-state index >= 15 is 0 Å². The third kappa shape index (κ3) is 1.89. The van der Waals surface area contributed by atoms with Crippen LogP contribution in [-0.2, 0) is 0 Å². The molecule has 2 radical (unpaired) electrons. The van der Waals surface area contributed by atoms with Crippen LogP contribution in [0.3, 0.4) is 0 Å². The van der Waals surface area contributed by atoms with E-state index in [4.69, 9.17) is 30.1 Å². The number of hydrogen-bond donors (Lipinski definition) is 0. The first-order valence-electron chi connectivity index (χ1n) is 2.84. The Hall–Kier alpha value is -0.200. The minimum absolute atomic E-state index is 0.483. The summed E-state index contributed by atoms with van der Waals surface area (Å²) in [5.41, 5.74) is 1.52. The quantitative estimate of drug-likeness (QED) is 0.572. The van der Waals surface area contributed by atoms with E-state index in [0.717, 1.165) is 5.56 Å². The Balaban J connectivity index is 2.96. The minimum Gasteiger partial charge on any atom is -0.100 e. The molecule has 52 valence electrons. The molecule has 0 aliphatic heterocycles. The van der Waals surface area contributed by atoms with Crippen molar-refractivity contribution in [1.29, 1.82) is 0 Å². The Kier molecular flexibility index (Phi) is 2.58. The molecule has 0 aliphatic rings. The second-order valence-corrected chi connectivity index (χ2v) is 3.07. The van der Waals surface area contributed by atoms with Crippen molar-refractivity contribution in [2.45, 2.75) is 4.84 Å². The van der Waals surface area contributed by atoms with Gasteiger partial charge < -0.3 is 0 Å². The summed E-state index contributed by atoms with van der Waals surface area (Å²) in [6.07, 6.45) is 0. The highest BCUT2D eigenvalue weighted by Crippen LogP contribution is 2.24. The van der Waals surface area contributed by atoms with E-state index in [1.54, 1.807) is 12.1 Å². The molecule has 0 nitrogen and oxygen atoms in total. The summed E-state index contributed by atoms with van der Waals surface area (Å²) in [5, 5.41) is 0. The van der Waals surface area contributed by atoms with E-state index < -0.39 is 4.84 Å². The zero-order valence-corrected chi connectivity index (χ0v) is 6.73. The average Bonchev–Trinajstić information content (AvgIpc) is 1.88. The molecule has 0 aromatic heterocycles. The molecule has 0 fully saturated rings. The van der Waals surface area contributed by atoms with Gasteiger partial charge in [0.15, 0.2) is 0 Å². The molecule has 0 bridgehead atoms. The summed E-state index contributed by atoms with van der Waals surface area (Å²) in [5.74, 6) is 0. The molecule has 0 N–H and O–H groups in total. The number of rotatable bonds is 1. The molecule has 0 atom stereocenters. The van der Waals surface area contributed by atoms with Gasteiger partial charge in [0.2, 0.25) is 0 Å². The Morgan fingerprint density at radius 3 is 2.40 bits per heavy atom. The van der Waals surface area contributed by atoms with Crippen LogP contribution in [0.15, 0.2) is 24.3 Å². The number of benzene rings is 1. The predicted octanol–water partition coefficient (Wildman–Crippen LogP) is 3.22. The smallest absolute Gasteiger partial charge is 0.100 e. The SMILES string of the molecule is [CH]c1cccc(C(Cl)Cl)c1. The molecule has 1 aromatic rings. The molecule has 0 unspecified atom stereocenters. The summed E-state index contributed by atoms with van der Waals surface area (Å²) >= 11 is 11.2. The Bertz CT molecular complexity index is 218. The highest BCUT2D eigenvalue weighted by atomic mass is 35.5. The van der Waals surface area contributed by atoms with E-state index in [0.29, 0.717) is 5.56 Å². The van der Waals surface area contributed by atoms with Crippen LogP contribution in [-0.4, -0.2) is 0 Å². The van der Waals surface area contributed by atoms with Crippen LogP contribution in [0.2, 0.25) is 0 Å². The summed E-state index contributed by atoms with van der Waals surface area (Å²) in [6, 6.07) is 7.20. The van der Waals surface area contributed by atoms with Crippen molar-refractivity contribution in [3.05, 3.63) is 42.3 Å². The molecule has 1 rings (SSSR count). The van der Waals surface area contributed by atoms with Gasteiger partial charge in [0.05, 0.1) is 0 Å². The van der Waals surface area contributed by atoms with Crippen LogP contribution < -0.4 is 0 Å². The van der Waals surface area contributed by atoms with Crippen LogP contribution in [0.4, 0.5) is 0 Å². The first-order valence-corrected chi connectivity index (χ1v) is 3.71. The molecule has 0 amide bonds.